The van der Waals surface area contributed by atoms with E-state index in [1.165, 1.54) is 12.5 Å². The highest BCUT2D eigenvalue weighted by molar-refractivity contribution is 5.84. The highest BCUT2D eigenvalue weighted by Gasteiger charge is 2.08. The fraction of sp³-hybridized carbons (Fsp3) is 0.111. The Bertz CT molecular complexity index is 594. The van der Waals surface area contributed by atoms with E-state index in [9.17, 15) is 4.79 Å². The molecule has 2 aromatic heterocycles. The average molecular weight is 186 g/mol. The van der Waals surface area contributed by atoms with Crippen molar-refractivity contribution >= 4 is 10.9 Å². The summed E-state index contributed by atoms with van der Waals surface area (Å²) in [4.78, 5) is 21.7. The molecule has 1 N–H and O–H groups in total. The summed E-state index contributed by atoms with van der Waals surface area (Å²) in [7, 11) is 0. The number of nitriles is 1. The SMILES string of the molecule is Cc1cnc(C#N)c2nc[nH]c(=O)c12. The fourth-order valence-corrected chi connectivity index (χ4v) is 1.31. The summed E-state index contributed by atoms with van der Waals surface area (Å²) in [6.07, 6.45) is 2.77. The number of pyridine rings is 1. The van der Waals surface area contributed by atoms with Gasteiger partial charge in [0.2, 0.25) is 0 Å². The van der Waals surface area contributed by atoms with E-state index >= 15 is 0 Å². The molecule has 5 heteroatoms. The largest absolute Gasteiger partial charge is 0.313 e. The highest BCUT2D eigenvalue weighted by atomic mass is 16.1. The van der Waals surface area contributed by atoms with Gasteiger partial charge in [0, 0.05) is 6.20 Å². The predicted molar refractivity (Wildman–Crippen MR) is 49.6 cm³/mol. The van der Waals surface area contributed by atoms with Crippen molar-refractivity contribution in [2.45, 2.75) is 6.92 Å². The Morgan fingerprint density at radius 2 is 2.29 bits per heavy atom. The minimum Gasteiger partial charge on any atom is -0.313 e. The van der Waals surface area contributed by atoms with Crippen molar-refractivity contribution in [2.75, 3.05) is 0 Å². The van der Waals surface area contributed by atoms with Gasteiger partial charge in [-0.25, -0.2) is 9.97 Å². The van der Waals surface area contributed by atoms with Crippen LogP contribution >= 0.6 is 0 Å². The third kappa shape index (κ3) is 1.05. The van der Waals surface area contributed by atoms with Crippen LogP contribution in [0, 0.1) is 18.3 Å². The van der Waals surface area contributed by atoms with E-state index in [1.54, 1.807) is 6.92 Å². The lowest BCUT2D eigenvalue weighted by atomic mass is 10.1. The molecule has 14 heavy (non-hydrogen) atoms. The molecule has 0 amide bonds. The average Bonchev–Trinajstić information content (AvgIpc) is 2.18. The van der Waals surface area contributed by atoms with E-state index in [0.29, 0.717) is 16.5 Å². The van der Waals surface area contributed by atoms with Crippen molar-refractivity contribution in [1.29, 1.82) is 5.26 Å². The molecule has 0 bridgehead atoms. The van der Waals surface area contributed by atoms with E-state index in [4.69, 9.17) is 5.26 Å². The molecule has 0 radical (unpaired) electrons. The number of fused-ring (bicyclic) bond motifs is 1. The zero-order chi connectivity index (χ0) is 10.1. The number of hydrogen-bond acceptors (Lipinski definition) is 4. The molecule has 0 spiro atoms. The summed E-state index contributed by atoms with van der Waals surface area (Å²) < 4.78 is 0. The zero-order valence-electron chi connectivity index (χ0n) is 7.40. The normalized spacial score (nSPS) is 10.0. The third-order valence-corrected chi connectivity index (χ3v) is 1.96. The second-order valence-corrected chi connectivity index (χ2v) is 2.86. The lowest BCUT2D eigenvalue weighted by Crippen LogP contribution is -2.09. The van der Waals surface area contributed by atoms with Crippen molar-refractivity contribution in [3.8, 4) is 6.07 Å². The molecule has 68 valence electrons. The molecular weight excluding hydrogens is 180 g/mol. The molecule has 2 rings (SSSR count). The van der Waals surface area contributed by atoms with Gasteiger partial charge in [-0.15, -0.1) is 0 Å². The first kappa shape index (κ1) is 8.38. The van der Waals surface area contributed by atoms with Crippen LogP contribution in [0.15, 0.2) is 17.3 Å². The summed E-state index contributed by atoms with van der Waals surface area (Å²) in [5.41, 5.74) is 1.01. The van der Waals surface area contributed by atoms with Gasteiger partial charge < -0.3 is 4.98 Å². The minimum atomic E-state index is -0.244. The molecule has 0 fully saturated rings. The van der Waals surface area contributed by atoms with Crippen LogP contribution in [0.4, 0.5) is 0 Å². The number of nitrogens with zero attached hydrogens (tertiary/aromatic N) is 3. The Labute approximate surface area is 79.1 Å². The Morgan fingerprint density at radius 1 is 1.50 bits per heavy atom. The van der Waals surface area contributed by atoms with Gasteiger partial charge >= 0.3 is 0 Å². The van der Waals surface area contributed by atoms with Gasteiger partial charge in [0.25, 0.3) is 5.56 Å². The monoisotopic (exact) mass is 186 g/mol. The number of H-pyrrole nitrogens is 1. The van der Waals surface area contributed by atoms with E-state index in [2.05, 4.69) is 15.0 Å². The van der Waals surface area contributed by atoms with Gasteiger partial charge in [-0.05, 0) is 12.5 Å². The molecule has 0 aliphatic carbocycles. The Balaban J connectivity index is 3.08. The van der Waals surface area contributed by atoms with E-state index in [1.807, 2.05) is 6.07 Å². The van der Waals surface area contributed by atoms with Crippen molar-refractivity contribution < 1.29 is 0 Å². The van der Waals surface area contributed by atoms with Crippen molar-refractivity contribution in [3.63, 3.8) is 0 Å². The lowest BCUT2D eigenvalue weighted by Gasteiger charge is -1.99. The Morgan fingerprint density at radius 3 is 3.00 bits per heavy atom. The molecular formula is C9H6N4O. The second kappa shape index (κ2) is 2.92. The van der Waals surface area contributed by atoms with Gasteiger partial charge in [0.05, 0.1) is 11.7 Å². The number of aryl methyl sites for hydroxylation is 1. The molecule has 0 atom stereocenters. The van der Waals surface area contributed by atoms with Crippen molar-refractivity contribution in [3.05, 3.63) is 34.1 Å². The summed E-state index contributed by atoms with van der Waals surface area (Å²) in [6.45, 7) is 1.76. The lowest BCUT2D eigenvalue weighted by molar-refractivity contribution is 1.14. The Hall–Kier alpha value is -2.22. The summed E-state index contributed by atoms with van der Waals surface area (Å²) in [5.74, 6) is 0. The predicted octanol–water partition coefficient (Wildman–Crippen LogP) is 0.498. The first-order chi connectivity index (χ1) is 6.74. The maximum absolute atomic E-state index is 11.4. The number of hydrogen-bond donors (Lipinski definition) is 1. The van der Waals surface area contributed by atoms with E-state index in [-0.39, 0.29) is 11.3 Å². The van der Waals surface area contributed by atoms with Crippen LogP contribution in [0.1, 0.15) is 11.3 Å². The molecule has 0 saturated carbocycles. The minimum absolute atomic E-state index is 0.178. The highest BCUT2D eigenvalue weighted by Crippen LogP contribution is 2.12. The maximum Gasteiger partial charge on any atom is 0.258 e. The summed E-state index contributed by atoms with van der Waals surface area (Å²) in [5, 5.41) is 9.18. The third-order valence-electron chi connectivity index (χ3n) is 1.96. The number of rotatable bonds is 0. The Kier molecular flexibility index (Phi) is 1.75. The zero-order valence-corrected chi connectivity index (χ0v) is 7.40. The molecule has 0 aliphatic heterocycles. The van der Waals surface area contributed by atoms with Gasteiger partial charge in [-0.1, -0.05) is 0 Å². The van der Waals surface area contributed by atoms with Crippen molar-refractivity contribution in [2.24, 2.45) is 0 Å². The van der Waals surface area contributed by atoms with Gasteiger partial charge in [-0.2, -0.15) is 5.26 Å². The number of nitrogens with one attached hydrogen (secondary N) is 1. The summed E-state index contributed by atoms with van der Waals surface area (Å²) in [6, 6.07) is 1.90. The topological polar surface area (TPSA) is 82.4 Å². The van der Waals surface area contributed by atoms with Crippen LogP contribution in [-0.2, 0) is 0 Å². The molecule has 2 aromatic rings. The van der Waals surface area contributed by atoms with Gasteiger partial charge in [0.15, 0.2) is 5.69 Å². The first-order valence-corrected chi connectivity index (χ1v) is 3.97. The molecule has 0 unspecified atom stereocenters. The van der Waals surface area contributed by atoms with Crippen LogP contribution in [0.25, 0.3) is 10.9 Å². The first-order valence-electron chi connectivity index (χ1n) is 3.97. The number of aromatic nitrogens is 3. The maximum atomic E-state index is 11.4. The van der Waals surface area contributed by atoms with Crippen LogP contribution in [-0.4, -0.2) is 15.0 Å². The number of aromatic amines is 1. The molecule has 5 nitrogen and oxygen atoms in total. The van der Waals surface area contributed by atoms with Crippen LogP contribution in [0.2, 0.25) is 0 Å². The van der Waals surface area contributed by atoms with Crippen LogP contribution in [0.5, 0.6) is 0 Å². The quantitative estimate of drug-likeness (QED) is 0.649. The van der Waals surface area contributed by atoms with E-state index < -0.39 is 0 Å². The molecule has 0 aromatic carbocycles. The molecule has 0 aliphatic rings. The van der Waals surface area contributed by atoms with Crippen molar-refractivity contribution in [1.82, 2.24) is 15.0 Å². The van der Waals surface area contributed by atoms with Crippen LogP contribution in [0.3, 0.4) is 0 Å². The smallest absolute Gasteiger partial charge is 0.258 e. The van der Waals surface area contributed by atoms with Crippen LogP contribution < -0.4 is 5.56 Å². The van der Waals surface area contributed by atoms with E-state index in [0.717, 1.165) is 0 Å². The van der Waals surface area contributed by atoms with Gasteiger partial charge in [0.1, 0.15) is 11.6 Å². The standard InChI is InChI=1S/C9H6N4O/c1-5-3-11-6(2-10)8-7(5)9(14)13-4-12-8/h3-4H,1H3,(H,12,13,14). The molecule has 0 saturated heterocycles. The molecule has 2 heterocycles. The second-order valence-electron chi connectivity index (χ2n) is 2.86. The fourth-order valence-electron chi connectivity index (χ4n) is 1.31. The van der Waals surface area contributed by atoms with Gasteiger partial charge in [-0.3, -0.25) is 4.79 Å². The summed E-state index contributed by atoms with van der Waals surface area (Å²) >= 11 is 0.